The maximum absolute atomic E-state index is 13.4. The van der Waals surface area contributed by atoms with Gasteiger partial charge in [-0.25, -0.2) is 9.37 Å². The Morgan fingerprint density at radius 2 is 2.22 bits per heavy atom. The van der Waals surface area contributed by atoms with Crippen molar-refractivity contribution in [3.63, 3.8) is 0 Å². The van der Waals surface area contributed by atoms with Gasteiger partial charge in [0.2, 0.25) is 0 Å². The molecule has 0 spiro atoms. The van der Waals surface area contributed by atoms with Gasteiger partial charge in [-0.05, 0) is 46.9 Å². The zero-order valence-corrected chi connectivity index (χ0v) is 11.2. The van der Waals surface area contributed by atoms with Gasteiger partial charge in [-0.2, -0.15) is 5.26 Å². The second-order valence-corrected chi connectivity index (χ2v) is 4.54. The van der Waals surface area contributed by atoms with Gasteiger partial charge in [0.1, 0.15) is 0 Å². The summed E-state index contributed by atoms with van der Waals surface area (Å²) in [4.78, 5) is 3.78. The minimum Gasteiger partial charge on any atom is -0.433 e. The summed E-state index contributed by atoms with van der Waals surface area (Å²) in [6.07, 6.45) is 1.42. The standard InChI is InChI=1S/C12H7FIN3O/c13-8-2-1-3-17-12(8)18-11-9(14)4-7(6-15)5-10(11)16/h1-5H,16H2. The highest BCUT2D eigenvalue weighted by Crippen LogP contribution is 2.33. The van der Waals surface area contributed by atoms with Crippen molar-refractivity contribution in [1.29, 1.82) is 5.26 Å². The number of anilines is 1. The van der Waals surface area contributed by atoms with E-state index in [1.807, 2.05) is 28.7 Å². The molecule has 1 aromatic heterocycles. The zero-order chi connectivity index (χ0) is 13.1. The first kappa shape index (κ1) is 12.6. The molecule has 1 aromatic carbocycles. The van der Waals surface area contributed by atoms with E-state index in [4.69, 9.17) is 15.7 Å². The molecule has 2 N–H and O–H groups in total. The van der Waals surface area contributed by atoms with Crippen LogP contribution in [0.15, 0.2) is 30.5 Å². The average molecular weight is 355 g/mol. The van der Waals surface area contributed by atoms with Gasteiger partial charge in [-0.1, -0.05) is 0 Å². The molecular formula is C12H7FIN3O. The molecule has 0 radical (unpaired) electrons. The Morgan fingerprint density at radius 1 is 1.44 bits per heavy atom. The molecule has 18 heavy (non-hydrogen) atoms. The van der Waals surface area contributed by atoms with Gasteiger partial charge >= 0.3 is 0 Å². The fraction of sp³-hybridized carbons (Fsp3) is 0. The number of pyridine rings is 1. The van der Waals surface area contributed by atoms with Crippen molar-refractivity contribution in [2.75, 3.05) is 5.73 Å². The van der Waals surface area contributed by atoms with E-state index in [1.54, 1.807) is 6.07 Å². The Labute approximate surface area is 116 Å². The van der Waals surface area contributed by atoms with Gasteiger partial charge in [0.05, 0.1) is 20.9 Å². The maximum Gasteiger partial charge on any atom is 0.255 e. The van der Waals surface area contributed by atoms with Crippen LogP contribution in [0.4, 0.5) is 10.1 Å². The molecule has 0 atom stereocenters. The highest BCUT2D eigenvalue weighted by molar-refractivity contribution is 14.1. The van der Waals surface area contributed by atoms with Crippen molar-refractivity contribution in [3.05, 3.63) is 45.4 Å². The number of nitriles is 1. The van der Waals surface area contributed by atoms with Crippen LogP contribution in [0.5, 0.6) is 11.6 Å². The van der Waals surface area contributed by atoms with Crippen molar-refractivity contribution >= 4 is 28.3 Å². The summed E-state index contributed by atoms with van der Waals surface area (Å²) >= 11 is 1.97. The van der Waals surface area contributed by atoms with Crippen LogP contribution in [0.3, 0.4) is 0 Å². The third-order valence-corrected chi connectivity index (χ3v) is 2.93. The van der Waals surface area contributed by atoms with Crippen LogP contribution >= 0.6 is 22.6 Å². The van der Waals surface area contributed by atoms with Crippen molar-refractivity contribution in [2.24, 2.45) is 0 Å². The fourth-order valence-corrected chi connectivity index (χ4v) is 2.09. The smallest absolute Gasteiger partial charge is 0.255 e. The summed E-state index contributed by atoms with van der Waals surface area (Å²) in [5.74, 6) is -0.420. The van der Waals surface area contributed by atoms with Crippen molar-refractivity contribution < 1.29 is 9.13 Å². The van der Waals surface area contributed by atoms with Crippen molar-refractivity contribution in [2.45, 2.75) is 0 Å². The first-order valence-electron chi connectivity index (χ1n) is 4.89. The van der Waals surface area contributed by atoms with Gasteiger partial charge in [0.15, 0.2) is 11.6 Å². The van der Waals surface area contributed by atoms with E-state index in [9.17, 15) is 4.39 Å². The third kappa shape index (κ3) is 2.51. The molecule has 0 saturated carbocycles. The Balaban J connectivity index is 2.42. The van der Waals surface area contributed by atoms with Crippen LogP contribution in [-0.4, -0.2) is 4.98 Å². The second-order valence-electron chi connectivity index (χ2n) is 3.38. The summed E-state index contributed by atoms with van der Waals surface area (Å²) in [5.41, 5.74) is 6.45. The van der Waals surface area contributed by atoms with E-state index in [0.29, 0.717) is 14.9 Å². The number of benzene rings is 1. The highest BCUT2D eigenvalue weighted by Gasteiger charge is 2.12. The molecule has 0 fully saturated rings. The van der Waals surface area contributed by atoms with Gasteiger partial charge in [-0.3, -0.25) is 0 Å². The van der Waals surface area contributed by atoms with Gasteiger partial charge in [0.25, 0.3) is 5.88 Å². The van der Waals surface area contributed by atoms with Gasteiger partial charge in [0, 0.05) is 6.20 Å². The van der Waals surface area contributed by atoms with Crippen molar-refractivity contribution in [1.82, 2.24) is 4.98 Å². The van der Waals surface area contributed by atoms with Crippen LogP contribution in [-0.2, 0) is 0 Å². The molecule has 2 aromatic rings. The normalized spacial score (nSPS) is 9.83. The molecule has 2 rings (SSSR count). The maximum atomic E-state index is 13.4. The molecule has 0 bridgehead atoms. The summed E-state index contributed by atoms with van der Waals surface area (Å²) in [5, 5.41) is 8.79. The molecule has 1 heterocycles. The number of hydrogen-bond donors (Lipinski definition) is 1. The van der Waals surface area contributed by atoms with E-state index in [0.717, 1.165) is 0 Å². The summed E-state index contributed by atoms with van der Waals surface area (Å²) in [6.45, 7) is 0. The molecule has 0 aliphatic heterocycles. The Morgan fingerprint density at radius 3 is 2.83 bits per heavy atom. The molecule has 0 amide bonds. The predicted octanol–water partition coefficient (Wildman–Crippen LogP) is 3.07. The number of nitrogens with zero attached hydrogens (tertiary/aromatic N) is 2. The Bertz CT molecular complexity index is 616. The van der Waals surface area contributed by atoms with Crippen LogP contribution < -0.4 is 10.5 Å². The van der Waals surface area contributed by atoms with E-state index < -0.39 is 5.82 Å². The molecule has 4 nitrogen and oxygen atoms in total. The zero-order valence-electron chi connectivity index (χ0n) is 9.02. The first-order valence-corrected chi connectivity index (χ1v) is 5.97. The first-order chi connectivity index (χ1) is 8.61. The van der Waals surface area contributed by atoms with E-state index in [-0.39, 0.29) is 11.6 Å². The number of hydrogen-bond acceptors (Lipinski definition) is 4. The minimum atomic E-state index is -0.572. The molecule has 6 heteroatoms. The number of halogens is 2. The quantitative estimate of drug-likeness (QED) is 0.664. The molecule has 0 aliphatic rings. The molecule has 0 saturated heterocycles. The van der Waals surface area contributed by atoms with Gasteiger partial charge in [-0.15, -0.1) is 0 Å². The SMILES string of the molecule is N#Cc1cc(N)c(Oc2ncccc2F)c(I)c1. The number of nitrogen functional groups attached to an aromatic ring is 1. The predicted molar refractivity (Wildman–Crippen MR) is 72.6 cm³/mol. The molecule has 0 unspecified atom stereocenters. The number of ether oxygens (including phenoxy) is 1. The lowest BCUT2D eigenvalue weighted by Gasteiger charge is -2.10. The monoisotopic (exact) mass is 355 g/mol. The summed E-state index contributed by atoms with van der Waals surface area (Å²) in [6, 6.07) is 7.77. The number of nitrogens with two attached hydrogens (primary N) is 1. The lowest BCUT2D eigenvalue weighted by molar-refractivity contribution is 0.422. The van der Waals surface area contributed by atoms with E-state index in [1.165, 1.54) is 24.4 Å². The third-order valence-electron chi connectivity index (χ3n) is 2.12. The lowest BCUT2D eigenvalue weighted by Crippen LogP contribution is -1.98. The van der Waals surface area contributed by atoms with Gasteiger partial charge < -0.3 is 10.5 Å². The van der Waals surface area contributed by atoms with E-state index >= 15 is 0 Å². The topological polar surface area (TPSA) is 71.9 Å². The average Bonchev–Trinajstić information content (AvgIpc) is 2.35. The van der Waals surface area contributed by atoms with Crippen molar-refractivity contribution in [3.8, 4) is 17.7 Å². The molecule has 90 valence electrons. The molecular weight excluding hydrogens is 348 g/mol. The van der Waals surface area contributed by atoms with E-state index in [2.05, 4.69) is 4.98 Å². The lowest BCUT2D eigenvalue weighted by atomic mass is 10.2. The molecule has 0 aliphatic carbocycles. The largest absolute Gasteiger partial charge is 0.433 e. The fourth-order valence-electron chi connectivity index (χ4n) is 1.33. The second kappa shape index (κ2) is 5.18. The van der Waals surface area contributed by atoms with Crippen LogP contribution in [0.1, 0.15) is 5.56 Å². The highest BCUT2D eigenvalue weighted by atomic mass is 127. The minimum absolute atomic E-state index is 0.146. The summed E-state index contributed by atoms with van der Waals surface area (Å²) < 4.78 is 19.4. The van der Waals surface area contributed by atoms with Crippen LogP contribution in [0.2, 0.25) is 0 Å². The van der Waals surface area contributed by atoms with Crippen LogP contribution in [0.25, 0.3) is 0 Å². The number of rotatable bonds is 2. The Hall–Kier alpha value is -1.88. The number of aromatic nitrogens is 1. The summed E-state index contributed by atoms with van der Waals surface area (Å²) in [7, 11) is 0. The van der Waals surface area contributed by atoms with Crippen LogP contribution in [0, 0.1) is 20.7 Å². The Kier molecular flexibility index (Phi) is 3.62.